The van der Waals surface area contributed by atoms with Crippen LogP contribution in [0.2, 0.25) is 0 Å². The van der Waals surface area contributed by atoms with Gasteiger partial charge in [-0.3, -0.25) is 0 Å². The first kappa shape index (κ1) is 29.5. The molecule has 0 spiro atoms. The molecule has 0 saturated carbocycles. The number of para-hydroxylation sites is 1. The van der Waals surface area contributed by atoms with Gasteiger partial charge in [-0.05, 0) is 0 Å². The van der Waals surface area contributed by atoms with E-state index >= 15 is 8.78 Å². The van der Waals surface area contributed by atoms with Crippen molar-refractivity contribution in [2.45, 2.75) is 47.5 Å². The summed E-state index contributed by atoms with van der Waals surface area (Å²) in [6, 6.07) is 16.4. The number of aryl methyl sites for hydroxylation is 6. The van der Waals surface area contributed by atoms with Crippen molar-refractivity contribution in [1.29, 1.82) is 0 Å². The molecule has 3 aromatic carbocycles. The Balaban J connectivity index is 1.95. The van der Waals surface area contributed by atoms with E-state index in [0.717, 1.165) is 44.8 Å². The van der Waals surface area contributed by atoms with Gasteiger partial charge >= 0.3 is 240 Å². The van der Waals surface area contributed by atoms with Gasteiger partial charge < -0.3 is 0 Å². The summed E-state index contributed by atoms with van der Waals surface area (Å²) >= 11 is -4.54. The van der Waals surface area contributed by atoms with Crippen LogP contribution in [-0.2, 0) is 16.7 Å². The molecule has 210 valence electrons. The number of halogens is 4. The number of alkyl halides is 2. The van der Waals surface area contributed by atoms with Crippen LogP contribution < -0.4 is 15.1 Å². The predicted molar refractivity (Wildman–Crippen MR) is 159 cm³/mol. The first-order valence-electron chi connectivity index (χ1n) is 12.5. The van der Waals surface area contributed by atoms with Gasteiger partial charge in [-0.15, -0.1) is 0 Å². The van der Waals surface area contributed by atoms with Crippen molar-refractivity contribution < 1.29 is 25.5 Å². The van der Waals surface area contributed by atoms with E-state index < -0.39 is 23.7 Å². The van der Waals surface area contributed by atoms with Crippen molar-refractivity contribution in [3.05, 3.63) is 88.0 Å². The van der Waals surface area contributed by atoms with E-state index in [1.54, 1.807) is 30.3 Å². The zero-order valence-corrected chi connectivity index (χ0v) is 26.1. The Morgan fingerprint density at radius 3 is 1.64 bits per heavy atom. The molecule has 4 nitrogen and oxygen atoms in total. The Kier molecular flexibility index (Phi) is 8.47. The number of carbonyl (C=O) groups excluding carboxylic acids is 1. The summed E-state index contributed by atoms with van der Waals surface area (Å²) in [5, 5.41) is 2.28. The summed E-state index contributed by atoms with van der Waals surface area (Å²) < 4.78 is 32.0. The van der Waals surface area contributed by atoms with E-state index in [1.807, 2.05) is 51.3 Å². The van der Waals surface area contributed by atoms with Crippen LogP contribution in [0.3, 0.4) is 0 Å². The number of nitrogens with zero attached hydrogens (tertiary/aromatic N) is 2. The fraction of sp³-hybridized carbons (Fsp3) is 0.300. The minimum atomic E-state index is -4.54. The molecule has 1 fully saturated rings. The van der Waals surface area contributed by atoms with Crippen LogP contribution in [0.5, 0.6) is 0 Å². The second-order valence-electron chi connectivity index (χ2n) is 10.0. The van der Waals surface area contributed by atoms with Gasteiger partial charge in [0.25, 0.3) is 0 Å². The third-order valence-corrected chi connectivity index (χ3v) is 12.2. The fourth-order valence-corrected chi connectivity index (χ4v) is 11.5. The standard InChI is InChI=1S/C21H26N2.C9H7F2NO.2ClH.Ru/c1-14-9-16(3)20(17(4)10-14)22-7-8-23(13-22)21-18(5)11-15(2)12-19(21)6;1-9(10,11)8(13)12-7-5-3-2-4-6-7;;;/h9-12H,7-8H2,1-6H3;1-6H,(H,12,13);2*1H;/q;;;;+2/p-2. The van der Waals surface area contributed by atoms with Crippen molar-refractivity contribution in [2.75, 3.05) is 28.2 Å². The second-order valence-corrected chi connectivity index (χ2v) is 19.3. The van der Waals surface area contributed by atoms with E-state index in [9.17, 15) is 4.79 Å². The summed E-state index contributed by atoms with van der Waals surface area (Å²) in [6.07, 6.45) is 0. The molecule has 1 saturated heterocycles. The molecule has 0 bridgehead atoms. The summed E-state index contributed by atoms with van der Waals surface area (Å²) in [7, 11) is 14.1. The molecular formula is C30H33Cl2F2N3ORu. The minimum absolute atomic E-state index is 0.268. The molecule has 1 amide bonds. The maximum absolute atomic E-state index is 15.5. The maximum atomic E-state index is 15.5. The Bertz CT molecular complexity index is 1440. The molecule has 1 N–H and O–H groups in total. The fourth-order valence-electron chi connectivity index (χ4n) is 5.37. The second kappa shape index (κ2) is 11.2. The van der Waals surface area contributed by atoms with Crippen LogP contribution in [-0.4, -0.2) is 33.9 Å². The number of hydrogen-bond acceptors (Lipinski definition) is 3. The average Bonchev–Trinajstić information content (AvgIpc) is 3.23. The van der Waals surface area contributed by atoms with Crippen LogP contribution in [0.1, 0.15) is 33.4 Å². The molecule has 0 aliphatic carbocycles. The first-order chi connectivity index (χ1) is 18.2. The molecule has 0 radical (unpaired) electrons. The topological polar surface area (TPSA) is 35.6 Å². The van der Waals surface area contributed by atoms with Gasteiger partial charge in [-0.1, -0.05) is 0 Å². The third-order valence-electron chi connectivity index (χ3n) is 6.59. The summed E-state index contributed by atoms with van der Waals surface area (Å²) in [5.41, 5.74) is 8.29. The van der Waals surface area contributed by atoms with Crippen LogP contribution in [0.4, 0.5) is 25.8 Å². The quantitative estimate of drug-likeness (QED) is 0.288. The van der Waals surface area contributed by atoms with Crippen molar-refractivity contribution in [3.63, 3.8) is 0 Å². The Labute approximate surface area is 239 Å². The van der Waals surface area contributed by atoms with E-state index in [4.69, 9.17) is 19.4 Å². The van der Waals surface area contributed by atoms with Gasteiger partial charge in [0.15, 0.2) is 0 Å². The zero-order chi connectivity index (χ0) is 28.7. The zero-order valence-electron chi connectivity index (χ0n) is 22.9. The Morgan fingerprint density at radius 2 is 1.23 bits per heavy atom. The number of nitrogens with one attached hydrogen (secondary N) is 1. The first-order valence-corrected chi connectivity index (χ1v) is 18.9. The molecular weight excluding hydrogens is 628 g/mol. The number of carbonyl (C=O) groups is 1. The monoisotopic (exact) mass is 661 g/mol. The van der Waals surface area contributed by atoms with Crippen LogP contribution in [0, 0.1) is 41.5 Å². The van der Waals surface area contributed by atoms with Crippen LogP contribution in [0.25, 0.3) is 0 Å². The van der Waals surface area contributed by atoms with Crippen molar-refractivity contribution >= 4 is 51.3 Å². The molecule has 0 unspecified atom stereocenters. The van der Waals surface area contributed by atoms with Crippen molar-refractivity contribution in [2.24, 2.45) is 0 Å². The van der Waals surface area contributed by atoms with Crippen molar-refractivity contribution in [1.82, 2.24) is 0 Å². The summed E-state index contributed by atoms with van der Waals surface area (Å²) in [5.74, 6) is -5.37. The molecule has 1 heterocycles. The molecule has 4 rings (SSSR count). The molecule has 9 heteroatoms. The number of benzene rings is 3. The van der Waals surface area contributed by atoms with Crippen LogP contribution in [0.15, 0.2) is 54.6 Å². The van der Waals surface area contributed by atoms with Gasteiger partial charge in [-0.2, -0.15) is 0 Å². The van der Waals surface area contributed by atoms with E-state index in [1.165, 1.54) is 0 Å². The van der Waals surface area contributed by atoms with Crippen LogP contribution >= 0.6 is 19.4 Å². The molecule has 0 atom stereocenters. The molecule has 3 aromatic rings. The molecule has 39 heavy (non-hydrogen) atoms. The third kappa shape index (κ3) is 6.16. The van der Waals surface area contributed by atoms with E-state index in [0.29, 0.717) is 22.1 Å². The number of rotatable bonds is 5. The average molecular weight is 662 g/mol. The molecule has 1 aliphatic rings. The van der Waals surface area contributed by atoms with Gasteiger partial charge in [0.2, 0.25) is 0 Å². The van der Waals surface area contributed by atoms with E-state index in [-0.39, 0.29) is 5.69 Å². The van der Waals surface area contributed by atoms with Gasteiger partial charge in [0.1, 0.15) is 0 Å². The number of anilines is 3. The van der Waals surface area contributed by atoms with Gasteiger partial charge in [-0.25, -0.2) is 0 Å². The van der Waals surface area contributed by atoms with Crippen molar-refractivity contribution in [3.8, 4) is 0 Å². The predicted octanol–water partition coefficient (Wildman–Crippen LogP) is 7.49. The van der Waals surface area contributed by atoms with Gasteiger partial charge in [0, 0.05) is 0 Å². The molecule has 0 aromatic heterocycles. The molecule has 1 aliphatic heterocycles. The summed E-state index contributed by atoms with van der Waals surface area (Å²) in [6.45, 7) is 13.1. The van der Waals surface area contributed by atoms with E-state index in [2.05, 4.69) is 29.6 Å². The summed E-state index contributed by atoms with van der Waals surface area (Å²) in [4.78, 5) is 16.7. The van der Waals surface area contributed by atoms with Gasteiger partial charge in [0.05, 0.1) is 0 Å². The normalized spacial score (nSPS) is 14.6. The Hall–Kier alpha value is -2.47. The SMILES string of the molecule is Cc1cc(C)c(N2CCN(c3c(C)cc(C)cc3C)[C]2=[Ru]([Cl])([Cl])=[CH]C(F)(F)C(=O)Nc2ccccc2)c(C)c1. The number of hydrogen-bond donors (Lipinski definition) is 1. The number of amides is 1. The Morgan fingerprint density at radius 1 is 0.821 bits per heavy atom.